The Hall–Kier alpha value is -1.30. The molecule has 0 radical (unpaired) electrons. The van der Waals surface area contributed by atoms with E-state index in [4.69, 9.17) is 0 Å². The minimum absolute atomic E-state index is 0.168. The predicted molar refractivity (Wildman–Crippen MR) is 83.4 cm³/mol. The highest BCUT2D eigenvalue weighted by Crippen LogP contribution is 2.23. The molecule has 2 heteroatoms. The fourth-order valence-electron chi connectivity index (χ4n) is 2.77. The third kappa shape index (κ3) is 3.85. The molecule has 1 aromatic rings. The summed E-state index contributed by atoms with van der Waals surface area (Å²) in [4.78, 5) is 2.44. The zero-order valence-electron chi connectivity index (χ0n) is 12.6. The molecular formula is C18H25NO. The molecule has 1 fully saturated rings. The third-order valence-electron chi connectivity index (χ3n) is 4.28. The zero-order valence-corrected chi connectivity index (χ0v) is 12.6. The van der Waals surface area contributed by atoms with Crippen molar-refractivity contribution in [3.8, 4) is 11.8 Å². The molecule has 0 aromatic heterocycles. The van der Waals surface area contributed by atoms with Crippen LogP contribution in [0.25, 0.3) is 0 Å². The fourth-order valence-corrected chi connectivity index (χ4v) is 2.77. The summed E-state index contributed by atoms with van der Waals surface area (Å²) in [6.45, 7) is 7.39. The highest BCUT2D eigenvalue weighted by atomic mass is 16.3. The maximum absolute atomic E-state index is 10.8. The third-order valence-corrected chi connectivity index (χ3v) is 4.28. The van der Waals surface area contributed by atoms with E-state index in [1.54, 1.807) is 0 Å². The number of benzene rings is 1. The van der Waals surface area contributed by atoms with Crippen molar-refractivity contribution in [2.75, 3.05) is 19.6 Å². The first-order valence-corrected chi connectivity index (χ1v) is 7.67. The molecule has 1 saturated heterocycles. The van der Waals surface area contributed by atoms with Gasteiger partial charge >= 0.3 is 0 Å². The van der Waals surface area contributed by atoms with Gasteiger partial charge in [0.25, 0.3) is 0 Å². The Bertz CT molecular complexity index is 467. The van der Waals surface area contributed by atoms with E-state index in [0.29, 0.717) is 6.42 Å². The van der Waals surface area contributed by atoms with Gasteiger partial charge in [0.05, 0.1) is 0 Å². The maximum atomic E-state index is 10.8. The van der Waals surface area contributed by atoms with E-state index in [1.165, 1.54) is 12.8 Å². The predicted octanol–water partition coefficient (Wildman–Crippen LogP) is 2.91. The van der Waals surface area contributed by atoms with Gasteiger partial charge in [0.1, 0.15) is 5.60 Å². The molecule has 1 heterocycles. The number of hydrogen-bond donors (Lipinski definition) is 1. The molecule has 0 amide bonds. The van der Waals surface area contributed by atoms with Crippen LogP contribution in [0.4, 0.5) is 0 Å². The summed E-state index contributed by atoms with van der Waals surface area (Å²) in [7, 11) is 0. The molecule has 1 aliphatic rings. The number of aliphatic hydroxyl groups is 1. The standard InChI is InChI=1S/C18H25NO/c1-3-18(20,12-11-17-9-5-4-6-10-17)16(2)15-19-13-7-8-14-19/h4-6,9-10,16,20H,3,7-8,13-15H2,1-2H3. The van der Waals surface area contributed by atoms with Gasteiger partial charge in [-0.25, -0.2) is 0 Å². The van der Waals surface area contributed by atoms with E-state index >= 15 is 0 Å². The molecular weight excluding hydrogens is 246 g/mol. The van der Waals surface area contributed by atoms with Crippen molar-refractivity contribution in [2.24, 2.45) is 5.92 Å². The Kier molecular flexibility index (Phi) is 5.23. The lowest BCUT2D eigenvalue weighted by Gasteiger charge is -2.31. The Labute approximate surface area is 122 Å². The van der Waals surface area contributed by atoms with E-state index in [1.807, 2.05) is 37.3 Å². The van der Waals surface area contributed by atoms with Crippen molar-refractivity contribution in [3.05, 3.63) is 35.9 Å². The number of nitrogens with zero attached hydrogens (tertiary/aromatic N) is 1. The summed E-state index contributed by atoms with van der Waals surface area (Å²) in [5, 5.41) is 10.8. The second-order valence-corrected chi connectivity index (χ2v) is 5.80. The van der Waals surface area contributed by atoms with Crippen molar-refractivity contribution < 1.29 is 5.11 Å². The minimum atomic E-state index is -0.890. The molecule has 2 unspecified atom stereocenters. The Morgan fingerprint density at radius 1 is 1.25 bits per heavy atom. The van der Waals surface area contributed by atoms with Crippen LogP contribution in [0.3, 0.4) is 0 Å². The number of hydrogen-bond acceptors (Lipinski definition) is 2. The first-order valence-electron chi connectivity index (χ1n) is 7.67. The van der Waals surface area contributed by atoms with Crippen molar-refractivity contribution in [1.29, 1.82) is 0 Å². The Morgan fingerprint density at radius 2 is 1.90 bits per heavy atom. The normalized spacial score (nSPS) is 19.9. The van der Waals surface area contributed by atoms with Gasteiger partial charge in [0.15, 0.2) is 0 Å². The van der Waals surface area contributed by atoms with Crippen molar-refractivity contribution in [3.63, 3.8) is 0 Å². The highest BCUT2D eigenvalue weighted by molar-refractivity contribution is 5.36. The summed E-state index contributed by atoms with van der Waals surface area (Å²) >= 11 is 0. The van der Waals surface area contributed by atoms with Gasteiger partial charge in [-0.15, -0.1) is 0 Å². The van der Waals surface area contributed by atoms with Gasteiger partial charge < -0.3 is 10.0 Å². The SMILES string of the molecule is CCC(O)(C#Cc1ccccc1)C(C)CN1CCCC1. The van der Waals surface area contributed by atoms with Gasteiger partial charge in [-0.05, 0) is 44.5 Å². The number of rotatable bonds is 4. The van der Waals surface area contributed by atoms with E-state index in [2.05, 4.69) is 23.7 Å². The van der Waals surface area contributed by atoms with Crippen molar-refractivity contribution >= 4 is 0 Å². The Balaban J connectivity index is 2.05. The van der Waals surface area contributed by atoms with E-state index in [-0.39, 0.29) is 5.92 Å². The summed E-state index contributed by atoms with van der Waals surface area (Å²) in [6, 6.07) is 9.89. The van der Waals surface area contributed by atoms with Crippen LogP contribution in [0.15, 0.2) is 30.3 Å². The molecule has 0 saturated carbocycles. The van der Waals surface area contributed by atoms with Gasteiger partial charge in [0, 0.05) is 18.0 Å². The first-order chi connectivity index (χ1) is 9.64. The number of likely N-dealkylation sites (tertiary alicyclic amines) is 1. The molecule has 2 nitrogen and oxygen atoms in total. The van der Waals surface area contributed by atoms with Crippen LogP contribution >= 0.6 is 0 Å². The highest BCUT2D eigenvalue weighted by Gasteiger charge is 2.31. The lowest BCUT2D eigenvalue weighted by atomic mass is 9.86. The van der Waals surface area contributed by atoms with Crippen molar-refractivity contribution in [2.45, 2.75) is 38.7 Å². The largest absolute Gasteiger partial charge is 0.377 e. The molecule has 0 aliphatic carbocycles. The first kappa shape index (κ1) is 15.1. The van der Waals surface area contributed by atoms with Gasteiger partial charge in [-0.2, -0.15) is 0 Å². The quantitative estimate of drug-likeness (QED) is 0.851. The topological polar surface area (TPSA) is 23.5 Å². The second-order valence-electron chi connectivity index (χ2n) is 5.80. The van der Waals surface area contributed by atoms with Gasteiger partial charge in [-0.1, -0.05) is 43.9 Å². The van der Waals surface area contributed by atoms with Crippen LogP contribution in [0, 0.1) is 17.8 Å². The van der Waals surface area contributed by atoms with Gasteiger partial charge in [0.2, 0.25) is 0 Å². The lowest BCUT2D eigenvalue weighted by Crippen LogP contribution is -2.41. The van der Waals surface area contributed by atoms with E-state index in [0.717, 1.165) is 25.2 Å². The smallest absolute Gasteiger partial charge is 0.129 e. The summed E-state index contributed by atoms with van der Waals surface area (Å²) in [5.74, 6) is 6.41. The monoisotopic (exact) mass is 271 g/mol. The van der Waals surface area contributed by atoms with Crippen LogP contribution in [-0.2, 0) is 0 Å². The van der Waals surface area contributed by atoms with Crippen LogP contribution in [0.1, 0.15) is 38.7 Å². The summed E-state index contributed by atoms with van der Waals surface area (Å²) < 4.78 is 0. The maximum Gasteiger partial charge on any atom is 0.129 e. The van der Waals surface area contributed by atoms with Crippen LogP contribution in [0.2, 0.25) is 0 Å². The molecule has 2 atom stereocenters. The molecule has 20 heavy (non-hydrogen) atoms. The molecule has 1 N–H and O–H groups in total. The molecule has 0 spiro atoms. The average molecular weight is 271 g/mol. The van der Waals surface area contributed by atoms with E-state index < -0.39 is 5.60 Å². The van der Waals surface area contributed by atoms with Crippen LogP contribution in [-0.4, -0.2) is 35.2 Å². The molecule has 0 bridgehead atoms. The summed E-state index contributed by atoms with van der Waals surface area (Å²) in [5.41, 5.74) is 0.0751. The van der Waals surface area contributed by atoms with Gasteiger partial charge in [-0.3, -0.25) is 0 Å². The minimum Gasteiger partial charge on any atom is -0.377 e. The lowest BCUT2D eigenvalue weighted by molar-refractivity contribution is 0.0272. The van der Waals surface area contributed by atoms with Crippen molar-refractivity contribution in [1.82, 2.24) is 4.90 Å². The molecule has 2 rings (SSSR count). The zero-order chi connectivity index (χ0) is 14.4. The fraction of sp³-hybridized carbons (Fsp3) is 0.556. The Morgan fingerprint density at radius 3 is 2.50 bits per heavy atom. The molecule has 1 aliphatic heterocycles. The van der Waals surface area contributed by atoms with Crippen LogP contribution in [0.5, 0.6) is 0 Å². The summed E-state index contributed by atoms with van der Waals surface area (Å²) in [6.07, 6.45) is 3.24. The average Bonchev–Trinajstić information content (AvgIpc) is 2.98. The van der Waals surface area contributed by atoms with Crippen LogP contribution < -0.4 is 0 Å². The van der Waals surface area contributed by atoms with E-state index in [9.17, 15) is 5.11 Å². The second kappa shape index (κ2) is 6.92. The molecule has 1 aromatic carbocycles. The molecule has 108 valence electrons.